The third-order valence-electron chi connectivity index (χ3n) is 2.92. The summed E-state index contributed by atoms with van der Waals surface area (Å²) in [7, 11) is 0. The fraction of sp³-hybridized carbons (Fsp3) is 0.200. The second kappa shape index (κ2) is 5.51. The molecule has 0 saturated carbocycles. The highest BCUT2D eigenvalue weighted by molar-refractivity contribution is 6.30. The Balaban J connectivity index is 2.19. The van der Waals surface area contributed by atoms with Gasteiger partial charge in [-0.25, -0.2) is 4.39 Å². The summed E-state index contributed by atoms with van der Waals surface area (Å²) in [6.07, 6.45) is -0.469. The first-order valence-electron chi connectivity index (χ1n) is 5.75. The molecule has 94 valence electrons. The molecule has 1 atom stereocenters. The van der Waals surface area contributed by atoms with Crippen molar-refractivity contribution in [1.29, 1.82) is 0 Å². The molecule has 0 bridgehead atoms. The van der Waals surface area contributed by atoms with E-state index < -0.39 is 6.10 Å². The van der Waals surface area contributed by atoms with Crippen molar-refractivity contribution in [1.82, 2.24) is 0 Å². The minimum atomic E-state index is -0.842. The van der Waals surface area contributed by atoms with Crippen molar-refractivity contribution < 1.29 is 9.50 Å². The number of rotatable bonds is 3. The minimum Gasteiger partial charge on any atom is -0.388 e. The van der Waals surface area contributed by atoms with Crippen LogP contribution in [0.1, 0.15) is 22.8 Å². The van der Waals surface area contributed by atoms with Crippen LogP contribution in [0.15, 0.2) is 42.5 Å². The average Bonchev–Trinajstić information content (AvgIpc) is 2.35. The molecule has 2 rings (SSSR count). The van der Waals surface area contributed by atoms with E-state index in [1.807, 2.05) is 12.1 Å². The second-order valence-electron chi connectivity index (χ2n) is 4.32. The smallest absolute Gasteiger partial charge is 0.131 e. The molecule has 0 fully saturated rings. The molecule has 0 spiro atoms. The maximum atomic E-state index is 13.8. The maximum absolute atomic E-state index is 13.8. The molecule has 0 aliphatic heterocycles. The van der Waals surface area contributed by atoms with Gasteiger partial charge in [-0.05, 0) is 30.2 Å². The van der Waals surface area contributed by atoms with E-state index in [0.29, 0.717) is 22.6 Å². The van der Waals surface area contributed by atoms with Gasteiger partial charge in [0.15, 0.2) is 0 Å². The Labute approximate surface area is 111 Å². The van der Waals surface area contributed by atoms with Gasteiger partial charge >= 0.3 is 0 Å². The standard InChI is InChI=1S/C15H14ClFO/c1-10-3-2-4-13(15(10)17)14(18)9-11-5-7-12(16)8-6-11/h2-8,14,18H,9H2,1H3. The lowest BCUT2D eigenvalue weighted by Gasteiger charge is -2.13. The molecule has 0 aliphatic rings. The molecule has 0 aliphatic carbocycles. The predicted molar refractivity (Wildman–Crippen MR) is 71.3 cm³/mol. The van der Waals surface area contributed by atoms with Crippen molar-refractivity contribution >= 4 is 11.6 Å². The summed E-state index contributed by atoms with van der Waals surface area (Å²) < 4.78 is 13.8. The predicted octanol–water partition coefficient (Wildman–Crippen LogP) is 4.06. The lowest BCUT2D eigenvalue weighted by Crippen LogP contribution is -2.05. The Morgan fingerprint density at radius 2 is 1.83 bits per heavy atom. The molecule has 0 saturated heterocycles. The third-order valence-corrected chi connectivity index (χ3v) is 3.17. The van der Waals surface area contributed by atoms with Crippen LogP contribution < -0.4 is 0 Å². The third kappa shape index (κ3) is 2.89. The monoisotopic (exact) mass is 264 g/mol. The number of aliphatic hydroxyl groups is 1. The van der Waals surface area contributed by atoms with Gasteiger partial charge in [-0.1, -0.05) is 41.9 Å². The van der Waals surface area contributed by atoms with Gasteiger partial charge in [0.1, 0.15) is 5.82 Å². The van der Waals surface area contributed by atoms with Gasteiger partial charge in [-0.15, -0.1) is 0 Å². The van der Waals surface area contributed by atoms with Crippen LogP contribution in [0.4, 0.5) is 4.39 Å². The van der Waals surface area contributed by atoms with E-state index in [2.05, 4.69) is 0 Å². The Bertz CT molecular complexity index is 537. The van der Waals surface area contributed by atoms with Crippen LogP contribution in [0.2, 0.25) is 5.02 Å². The van der Waals surface area contributed by atoms with Crippen molar-refractivity contribution in [2.24, 2.45) is 0 Å². The Morgan fingerprint density at radius 3 is 2.50 bits per heavy atom. The molecule has 1 nitrogen and oxygen atoms in total. The summed E-state index contributed by atoms with van der Waals surface area (Å²) in [4.78, 5) is 0. The fourth-order valence-corrected chi connectivity index (χ4v) is 2.01. The molecule has 0 amide bonds. The molecule has 18 heavy (non-hydrogen) atoms. The molecular weight excluding hydrogens is 251 g/mol. The topological polar surface area (TPSA) is 20.2 Å². The molecule has 0 heterocycles. The molecule has 3 heteroatoms. The molecule has 0 radical (unpaired) electrons. The highest BCUT2D eigenvalue weighted by Crippen LogP contribution is 2.23. The molecule has 1 unspecified atom stereocenters. The summed E-state index contributed by atoms with van der Waals surface area (Å²) in [5, 5.41) is 10.7. The number of hydrogen-bond acceptors (Lipinski definition) is 1. The molecule has 1 N–H and O–H groups in total. The van der Waals surface area contributed by atoms with Gasteiger partial charge in [-0.2, -0.15) is 0 Å². The van der Waals surface area contributed by atoms with E-state index in [9.17, 15) is 9.50 Å². The van der Waals surface area contributed by atoms with Gasteiger partial charge in [-0.3, -0.25) is 0 Å². The van der Waals surface area contributed by atoms with Gasteiger partial charge in [0.05, 0.1) is 6.10 Å². The number of halogens is 2. The summed E-state index contributed by atoms with van der Waals surface area (Å²) in [6, 6.07) is 12.2. The lowest BCUT2D eigenvalue weighted by molar-refractivity contribution is 0.173. The number of aryl methyl sites for hydroxylation is 1. The number of benzene rings is 2. The molecular formula is C15H14ClFO. The van der Waals surface area contributed by atoms with Crippen LogP contribution >= 0.6 is 11.6 Å². The van der Waals surface area contributed by atoms with E-state index in [0.717, 1.165) is 5.56 Å². The van der Waals surface area contributed by atoms with Gasteiger partial charge in [0.25, 0.3) is 0 Å². The first-order chi connectivity index (χ1) is 8.58. The van der Waals surface area contributed by atoms with Crippen LogP contribution in [0.25, 0.3) is 0 Å². The first kappa shape index (κ1) is 13.1. The Morgan fingerprint density at radius 1 is 1.17 bits per heavy atom. The SMILES string of the molecule is Cc1cccc(C(O)Cc2ccc(Cl)cc2)c1F. The highest BCUT2D eigenvalue weighted by atomic mass is 35.5. The van der Waals surface area contributed by atoms with Crippen LogP contribution in [0.5, 0.6) is 0 Å². The Hall–Kier alpha value is -1.38. The van der Waals surface area contributed by atoms with E-state index in [1.165, 1.54) is 0 Å². The van der Waals surface area contributed by atoms with E-state index >= 15 is 0 Å². The van der Waals surface area contributed by atoms with Crippen molar-refractivity contribution in [2.75, 3.05) is 0 Å². The number of aliphatic hydroxyl groups excluding tert-OH is 1. The van der Waals surface area contributed by atoms with Crippen molar-refractivity contribution in [3.63, 3.8) is 0 Å². The summed E-state index contributed by atoms with van der Waals surface area (Å²) in [6.45, 7) is 1.69. The molecule has 2 aromatic carbocycles. The molecule has 0 aromatic heterocycles. The summed E-state index contributed by atoms with van der Waals surface area (Å²) >= 11 is 5.79. The van der Waals surface area contributed by atoms with Crippen LogP contribution in [-0.2, 0) is 6.42 Å². The zero-order valence-corrected chi connectivity index (χ0v) is 10.8. The number of hydrogen-bond donors (Lipinski definition) is 1. The van der Waals surface area contributed by atoms with Crippen molar-refractivity contribution in [3.8, 4) is 0 Å². The zero-order chi connectivity index (χ0) is 13.1. The first-order valence-corrected chi connectivity index (χ1v) is 6.13. The van der Waals surface area contributed by atoms with Gasteiger partial charge < -0.3 is 5.11 Å². The van der Waals surface area contributed by atoms with Crippen LogP contribution in [0, 0.1) is 12.7 Å². The second-order valence-corrected chi connectivity index (χ2v) is 4.76. The Kier molecular flexibility index (Phi) is 4.00. The van der Waals surface area contributed by atoms with Crippen LogP contribution in [-0.4, -0.2) is 5.11 Å². The van der Waals surface area contributed by atoms with E-state index in [1.54, 1.807) is 37.3 Å². The van der Waals surface area contributed by atoms with Crippen LogP contribution in [0.3, 0.4) is 0 Å². The normalized spacial score (nSPS) is 12.4. The zero-order valence-electron chi connectivity index (χ0n) is 10.0. The summed E-state index contributed by atoms with van der Waals surface area (Å²) in [5.41, 5.74) is 1.81. The quantitative estimate of drug-likeness (QED) is 0.886. The van der Waals surface area contributed by atoms with Crippen molar-refractivity contribution in [3.05, 3.63) is 70.0 Å². The largest absolute Gasteiger partial charge is 0.388 e. The average molecular weight is 265 g/mol. The van der Waals surface area contributed by atoms with Crippen molar-refractivity contribution in [2.45, 2.75) is 19.4 Å². The van der Waals surface area contributed by atoms with E-state index in [4.69, 9.17) is 11.6 Å². The fourth-order valence-electron chi connectivity index (χ4n) is 1.88. The highest BCUT2D eigenvalue weighted by Gasteiger charge is 2.14. The summed E-state index contributed by atoms with van der Waals surface area (Å²) in [5.74, 6) is -0.334. The van der Waals surface area contributed by atoms with Gasteiger partial charge in [0.2, 0.25) is 0 Å². The maximum Gasteiger partial charge on any atom is 0.131 e. The lowest BCUT2D eigenvalue weighted by atomic mass is 9.99. The van der Waals surface area contributed by atoms with Gasteiger partial charge in [0, 0.05) is 17.0 Å². The van der Waals surface area contributed by atoms with E-state index in [-0.39, 0.29) is 5.82 Å². The molecule has 2 aromatic rings. The minimum absolute atomic E-state index is 0.334.